The first-order valence-corrected chi connectivity index (χ1v) is 6.69. The van der Waals surface area contributed by atoms with Crippen molar-refractivity contribution in [3.05, 3.63) is 0 Å². The zero-order valence-corrected chi connectivity index (χ0v) is 12.5. The number of carbonyl (C=O) groups excluding carboxylic acids is 1. The Morgan fingerprint density at radius 2 is 2.00 bits per heavy atom. The Hall–Kier alpha value is -0.650. The Labute approximate surface area is 111 Å². The second-order valence-corrected chi connectivity index (χ2v) is 4.87. The summed E-state index contributed by atoms with van der Waals surface area (Å²) in [7, 11) is 5.93. The molecule has 0 heterocycles. The first-order valence-electron chi connectivity index (χ1n) is 6.69. The SMILES string of the molecule is CCOC(CCN(C)C)CNC(=O)C(C)CNC. The topological polar surface area (TPSA) is 53.6 Å². The Balaban J connectivity index is 3.97. The van der Waals surface area contributed by atoms with E-state index >= 15 is 0 Å². The molecule has 0 saturated heterocycles. The molecule has 0 fully saturated rings. The third-order valence-electron chi connectivity index (χ3n) is 2.76. The van der Waals surface area contributed by atoms with E-state index in [1.807, 2.05) is 35.0 Å². The van der Waals surface area contributed by atoms with Gasteiger partial charge in [-0.2, -0.15) is 0 Å². The predicted molar refractivity (Wildman–Crippen MR) is 74.7 cm³/mol. The van der Waals surface area contributed by atoms with Crippen LogP contribution in [0.25, 0.3) is 0 Å². The molecule has 0 aliphatic rings. The van der Waals surface area contributed by atoms with E-state index in [-0.39, 0.29) is 17.9 Å². The standard InChI is InChI=1S/C13H29N3O2/c1-6-18-12(7-8-16(4)5)10-15-13(17)11(2)9-14-3/h11-12,14H,6-10H2,1-5H3,(H,15,17). The minimum atomic E-state index is -0.00822. The van der Waals surface area contributed by atoms with E-state index in [1.54, 1.807) is 0 Å². The number of ether oxygens (including phenoxy) is 1. The van der Waals surface area contributed by atoms with Gasteiger partial charge in [0.25, 0.3) is 0 Å². The van der Waals surface area contributed by atoms with Gasteiger partial charge in [-0.15, -0.1) is 0 Å². The minimum Gasteiger partial charge on any atom is -0.377 e. The van der Waals surface area contributed by atoms with Crippen LogP contribution in [-0.4, -0.2) is 64.3 Å². The van der Waals surface area contributed by atoms with Gasteiger partial charge >= 0.3 is 0 Å². The second-order valence-electron chi connectivity index (χ2n) is 4.87. The molecule has 2 unspecified atom stereocenters. The summed E-state index contributed by atoms with van der Waals surface area (Å²) in [4.78, 5) is 13.9. The molecule has 0 aliphatic heterocycles. The van der Waals surface area contributed by atoms with E-state index in [0.29, 0.717) is 19.7 Å². The summed E-state index contributed by atoms with van der Waals surface area (Å²) in [5, 5.41) is 5.96. The molecular formula is C13H29N3O2. The van der Waals surface area contributed by atoms with Crippen LogP contribution in [0.2, 0.25) is 0 Å². The zero-order valence-electron chi connectivity index (χ0n) is 12.5. The van der Waals surface area contributed by atoms with Crippen LogP contribution in [0.4, 0.5) is 0 Å². The number of hydrogen-bond acceptors (Lipinski definition) is 4. The van der Waals surface area contributed by atoms with Crippen molar-refractivity contribution in [2.24, 2.45) is 5.92 Å². The highest BCUT2D eigenvalue weighted by atomic mass is 16.5. The molecule has 0 aromatic carbocycles. The van der Waals surface area contributed by atoms with Crippen LogP contribution in [0.15, 0.2) is 0 Å². The Bertz CT molecular complexity index is 222. The third kappa shape index (κ3) is 8.44. The van der Waals surface area contributed by atoms with Gasteiger partial charge in [0.15, 0.2) is 0 Å². The fourth-order valence-electron chi connectivity index (χ4n) is 1.67. The molecule has 0 rings (SSSR count). The van der Waals surface area contributed by atoms with Crippen molar-refractivity contribution in [2.75, 3.05) is 47.4 Å². The largest absolute Gasteiger partial charge is 0.377 e. The van der Waals surface area contributed by atoms with E-state index in [0.717, 1.165) is 13.0 Å². The average Bonchev–Trinajstić information content (AvgIpc) is 2.32. The Morgan fingerprint density at radius 3 is 2.50 bits per heavy atom. The zero-order chi connectivity index (χ0) is 14.0. The molecule has 108 valence electrons. The lowest BCUT2D eigenvalue weighted by Crippen LogP contribution is -2.40. The normalized spacial score (nSPS) is 14.6. The summed E-state index contributed by atoms with van der Waals surface area (Å²) < 4.78 is 5.63. The van der Waals surface area contributed by atoms with Gasteiger partial charge in [0.2, 0.25) is 5.91 Å². The quantitative estimate of drug-likeness (QED) is 0.593. The highest BCUT2D eigenvalue weighted by Gasteiger charge is 2.14. The molecule has 0 saturated carbocycles. The van der Waals surface area contributed by atoms with Gasteiger partial charge in [-0.05, 0) is 34.5 Å². The molecule has 0 aromatic heterocycles. The van der Waals surface area contributed by atoms with E-state index in [1.165, 1.54) is 0 Å². The maximum atomic E-state index is 11.8. The van der Waals surface area contributed by atoms with Gasteiger partial charge < -0.3 is 20.3 Å². The maximum Gasteiger partial charge on any atom is 0.224 e. The van der Waals surface area contributed by atoms with Gasteiger partial charge in [0.1, 0.15) is 0 Å². The summed E-state index contributed by atoms with van der Waals surface area (Å²) in [5.41, 5.74) is 0. The number of carbonyl (C=O) groups is 1. The van der Waals surface area contributed by atoms with Crippen molar-refractivity contribution >= 4 is 5.91 Å². The fraction of sp³-hybridized carbons (Fsp3) is 0.923. The van der Waals surface area contributed by atoms with Gasteiger partial charge in [-0.1, -0.05) is 6.92 Å². The molecular weight excluding hydrogens is 230 g/mol. The lowest BCUT2D eigenvalue weighted by atomic mass is 10.1. The van der Waals surface area contributed by atoms with Crippen LogP contribution in [-0.2, 0) is 9.53 Å². The van der Waals surface area contributed by atoms with Crippen molar-refractivity contribution in [1.29, 1.82) is 0 Å². The molecule has 5 nitrogen and oxygen atoms in total. The van der Waals surface area contributed by atoms with E-state index < -0.39 is 0 Å². The van der Waals surface area contributed by atoms with Crippen molar-refractivity contribution in [3.63, 3.8) is 0 Å². The third-order valence-corrected chi connectivity index (χ3v) is 2.76. The average molecular weight is 259 g/mol. The summed E-state index contributed by atoms with van der Waals surface area (Å²) in [6.45, 7) is 6.83. The lowest BCUT2D eigenvalue weighted by Gasteiger charge is -2.21. The monoisotopic (exact) mass is 259 g/mol. The van der Waals surface area contributed by atoms with Gasteiger partial charge in [0.05, 0.1) is 6.10 Å². The molecule has 0 spiro atoms. The van der Waals surface area contributed by atoms with Gasteiger partial charge in [-0.25, -0.2) is 0 Å². The number of hydrogen-bond donors (Lipinski definition) is 2. The molecule has 1 amide bonds. The molecule has 0 bridgehead atoms. The van der Waals surface area contributed by atoms with E-state index in [9.17, 15) is 4.79 Å². The molecule has 2 atom stereocenters. The van der Waals surface area contributed by atoms with Crippen molar-refractivity contribution in [2.45, 2.75) is 26.4 Å². The number of rotatable bonds is 10. The van der Waals surface area contributed by atoms with Crippen LogP contribution in [0.5, 0.6) is 0 Å². The summed E-state index contributed by atoms with van der Waals surface area (Å²) in [6.07, 6.45) is 1.03. The molecule has 0 aliphatic carbocycles. The Kier molecular flexibility index (Phi) is 9.92. The summed E-state index contributed by atoms with van der Waals surface area (Å²) in [5.74, 6) is 0.0741. The first kappa shape index (κ1) is 17.4. The highest BCUT2D eigenvalue weighted by Crippen LogP contribution is 2.00. The van der Waals surface area contributed by atoms with Crippen LogP contribution < -0.4 is 10.6 Å². The number of nitrogens with one attached hydrogen (secondary N) is 2. The molecule has 0 aromatic rings. The maximum absolute atomic E-state index is 11.8. The second kappa shape index (κ2) is 10.3. The highest BCUT2D eigenvalue weighted by molar-refractivity contribution is 5.78. The van der Waals surface area contributed by atoms with Crippen molar-refractivity contribution < 1.29 is 9.53 Å². The number of amides is 1. The number of nitrogens with zero attached hydrogens (tertiary/aromatic N) is 1. The van der Waals surface area contributed by atoms with Crippen LogP contribution in [0, 0.1) is 5.92 Å². The molecule has 2 N–H and O–H groups in total. The van der Waals surface area contributed by atoms with Crippen LogP contribution in [0.1, 0.15) is 20.3 Å². The van der Waals surface area contributed by atoms with E-state index in [4.69, 9.17) is 4.74 Å². The van der Waals surface area contributed by atoms with Gasteiger partial charge in [0, 0.05) is 32.2 Å². The van der Waals surface area contributed by atoms with Gasteiger partial charge in [-0.3, -0.25) is 4.79 Å². The van der Waals surface area contributed by atoms with Crippen molar-refractivity contribution in [1.82, 2.24) is 15.5 Å². The molecule has 0 radical (unpaired) electrons. The predicted octanol–water partition coefficient (Wildman–Crippen LogP) is 0.315. The lowest BCUT2D eigenvalue weighted by molar-refractivity contribution is -0.125. The fourth-order valence-corrected chi connectivity index (χ4v) is 1.67. The first-order chi connectivity index (χ1) is 8.51. The minimum absolute atomic E-state index is 0.00822. The van der Waals surface area contributed by atoms with Crippen LogP contribution >= 0.6 is 0 Å². The van der Waals surface area contributed by atoms with E-state index in [2.05, 4.69) is 15.5 Å². The van der Waals surface area contributed by atoms with Crippen molar-refractivity contribution in [3.8, 4) is 0 Å². The summed E-state index contributed by atoms with van der Waals surface area (Å²) >= 11 is 0. The Morgan fingerprint density at radius 1 is 1.33 bits per heavy atom. The molecule has 18 heavy (non-hydrogen) atoms. The molecule has 5 heteroatoms. The van der Waals surface area contributed by atoms with Crippen LogP contribution in [0.3, 0.4) is 0 Å². The smallest absolute Gasteiger partial charge is 0.224 e. The summed E-state index contributed by atoms with van der Waals surface area (Å²) in [6, 6.07) is 0.